The summed E-state index contributed by atoms with van der Waals surface area (Å²) in [6.07, 6.45) is 0. The Hall–Kier alpha value is -3.58. The average Bonchev–Trinajstić information content (AvgIpc) is 3.35. The fourth-order valence-electron chi connectivity index (χ4n) is 3.49. The molecule has 0 bridgehead atoms. The van der Waals surface area contributed by atoms with Gasteiger partial charge in [0, 0.05) is 22.3 Å². The van der Waals surface area contributed by atoms with E-state index in [2.05, 4.69) is 16.5 Å². The highest BCUT2D eigenvalue weighted by Crippen LogP contribution is 2.22. The molecule has 0 aliphatic rings. The third-order valence-corrected chi connectivity index (χ3v) is 5.41. The van der Waals surface area contributed by atoms with Crippen LogP contribution in [0.5, 0.6) is 5.75 Å². The van der Waals surface area contributed by atoms with E-state index < -0.39 is 11.7 Å². The fourth-order valence-corrected chi connectivity index (χ4v) is 3.71. The molecule has 2 heterocycles. The Morgan fingerprint density at radius 2 is 1.88 bits per heavy atom. The van der Waals surface area contributed by atoms with Crippen LogP contribution in [-0.2, 0) is 13.2 Å². The van der Waals surface area contributed by atoms with Crippen LogP contribution < -0.4 is 10.1 Å². The molecule has 4 aromatic rings. The van der Waals surface area contributed by atoms with E-state index in [9.17, 15) is 9.18 Å². The van der Waals surface area contributed by atoms with Crippen LogP contribution in [0.25, 0.3) is 0 Å². The predicted molar refractivity (Wildman–Crippen MR) is 124 cm³/mol. The summed E-state index contributed by atoms with van der Waals surface area (Å²) < 4.78 is 27.1. The molecule has 0 atom stereocenters. The van der Waals surface area contributed by atoms with Gasteiger partial charge in [0.15, 0.2) is 11.6 Å². The minimum Gasteiger partial charge on any atom is -0.486 e. The molecule has 0 saturated heterocycles. The molecule has 0 aliphatic carbocycles. The third-order valence-electron chi connectivity index (χ3n) is 5.05. The summed E-state index contributed by atoms with van der Waals surface area (Å²) in [6, 6.07) is 15.4. The SMILES string of the molecule is Cc1cc(C)cc(OCc2ccc(C(=O)Nc3cc(C)n(Cc4c(F)cccc4Cl)n3)o2)c1. The molecule has 1 amide bonds. The summed E-state index contributed by atoms with van der Waals surface area (Å²) in [6.45, 7) is 6.17. The maximum atomic E-state index is 14.1. The second-order valence-corrected chi connectivity index (χ2v) is 8.27. The number of anilines is 1. The standard InChI is InChI=1S/C25H23ClFN3O3/c1-15-9-16(2)11-19(10-15)32-14-18-7-8-23(33-18)25(31)28-24-12-17(3)30(29-24)13-20-21(26)5-4-6-22(20)27/h4-12H,13-14H2,1-3H3,(H,28,29,31). The van der Waals surface area contributed by atoms with E-state index in [0.717, 1.165) is 22.6 Å². The summed E-state index contributed by atoms with van der Waals surface area (Å²) in [4.78, 5) is 12.6. The highest BCUT2D eigenvalue weighted by Gasteiger charge is 2.16. The molecule has 0 aliphatic heterocycles. The Labute approximate surface area is 195 Å². The monoisotopic (exact) mass is 467 g/mol. The largest absolute Gasteiger partial charge is 0.486 e. The lowest BCUT2D eigenvalue weighted by atomic mass is 10.1. The molecule has 0 radical (unpaired) electrons. The Bertz CT molecular complexity index is 1270. The van der Waals surface area contributed by atoms with Crippen LogP contribution in [-0.4, -0.2) is 15.7 Å². The first kappa shape index (κ1) is 22.6. The van der Waals surface area contributed by atoms with E-state index in [0.29, 0.717) is 22.2 Å². The molecule has 2 aromatic heterocycles. The third kappa shape index (κ3) is 5.43. The molecule has 0 fully saturated rings. The number of halogens is 2. The quantitative estimate of drug-likeness (QED) is 0.358. The van der Waals surface area contributed by atoms with Gasteiger partial charge in [0.1, 0.15) is 23.9 Å². The first-order valence-corrected chi connectivity index (χ1v) is 10.7. The summed E-state index contributed by atoms with van der Waals surface area (Å²) in [5.41, 5.74) is 3.29. The number of ether oxygens (including phenoxy) is 1. The maximum absolute atomic E-state index is 14.1. The number of nitrogens with zero attached hydrogens (tertiary/aromatic N) is 2. The number of rotatable bonds is 7. The van der Waals surface area contributed by atoms with Crippen molar-refractivity contribution in [2.45, 2.75) is 33.9 Å². The van der Waals surface area contributed by atoms with E-state index in [-0.39, 0.29) is 18.9 Å². The van der Waals surface area contributed by atoms with Gasteiger partial charge >= 0.3 is 0 Å². The van der Waals surface area contributed by atoms with Crippen molar-refractivity contribution in [3.05, 3.63) is 99.3 Å². The summed E-state index contributed by atoms with van der Waals surface area (Å²) in [5.74, 6) is 0.879. The number of amides is 1. The average molecular weight is 468 g/mol. The van der Waals surface area contributed by atoms with Crippen LogP contribution >= 0.6 is 11.6 Å². The zero-order valence-corrected chi connectivity index (χ0v) is 19.2. The van der Waals surface area contributed by atoms with Crippen LogP contribution in [0.1, 0.15) is 38.7 Å². The van der Waals surface area contributed by atoms with Gasteiger partial charge in [-0.1, -0.05) is 23.7 Å². The fraction of sp³-hybridized carbons (Fsp3) is 0.200. The highest BCUT2D eigenvalue weighted by molar-refractivity contribution is 6.31. The van der Waals surface area contributed by atoms with Gasteiger partial charge in [-0.3, -0.25) is 9.48 Å². The second-order valence-electron chi connectivity index (χ2n) is 7.86. The van der Waals surface area contributed by atoms with Gasteiger partial charge in [-0.25, -0.2) is 4.39 Å². The van der Waals surface area contributed by atoms with Crippen LogP contribution in [0.15, 0.2) is 59.0 Å². The van der Waals surface area contributed by atoms with Gasteiger partial charge in [0.2, 0.25) is 0 Å². The van der Waals surface area contributed by atoms with E-state index in [1.54, 1.807) is 35.0 Å². The lowest BCUT2D eigenvalue weighted by molar-refractivity contribution is 0.0992. The first-order chi connectivity index (χ1) is 15.8. The summed E-state index contributed by atoms with van der Waals surface area (Å²) >= 11 is 6.11. The van der Waals surface area contributed by atoms with E-state index in [1.807, 2.05) is 32.9 Å². The van der Waals surface area contributed by atoms with Crippen molar-refractivity contribution >= 4 is 23.3 Å². The summed E-state index contributed by atoms with van der Waals surface area (Å²) in [7, 11) is 0. The molecule has 0 saturated carbocycles. The molecule has 0 spiro atoms. The van der Waals surface area contributed by atoms with Crippen molar-refractivity contribution in [3.63, 3.8) is 0 Å². The van der Waals surface area contributed by atoms with Gasteiger partial charge in [-0.05, 0) is 68.3 Å². The minimum absolute atomic E-state index is 0.137. The van der Waals surface area contributed by atoms with Gasteiger partial charge in [-0.15, -0.1) is 0 Å². The molecule has 8 heteroatoms. The molecule has 1 N–H and O–H groups in total. The van der Waals surface area contributed by atoms with E-state index in [4.69, 9.17) is 20.8 Å². The van der Waals surface area contributed by atoms with Crippen molar-refractivity contribution in [2.75, 3.05) is 5.32 Å². The zero-order valence-electron chi connectivity index (χ0n) is 18.5. The number of aryl methyl sites for hydroxylation is 3. The van der Waals surface area contributed by atoms with Crippen LogP contribution in [0.3, 0.4) is 0 Å². The van der Waals surface area contributed by atoms with Gasteiger partial charge in [-0.2, -0.15) is 5.10 Å². The van der Waals surface area contributed by atoms with E-state index in [1.165, 1.54) is 6.07 Å². The zero-order chi connectivity index (χ0) is 23.5. The van der Waals surface area contributed by atoms with Crippen LogP contribution in [0.2, 0.25) is 5.02 Å². The van der Waals surface area contributed by atoms with Crippen molar-refractivity contribution in [3.8, 4) is 5.75 Å². The van der Waals surface area contributed by atoms with E-state index >= 15 is 0 Å². The highest BCUT2D eigenvalue weighted by atomic mass is 35.5. The van der Waals surface area contributed by atoms with Crippen LogP contribution in [0, 0.1) is 26.6 Å². The van der Waals surface area contributed by atoms with Crippen molar-refractivity contribution in [1.29, 1.82) is 0 Å². The van der Waals surface area contributed by atoms with Crippen molar-refractivity contribution in [1.82, 2.24) is 9.78 Å². The number of aromatic nitrogens is 2. The number of hydrogen-bond donors (Lipinski definition) is 1. The number of nitrogens with one attached hydrogen (secondary N) is 1. The molecule has 170 valence electrons. The Morgan fingerprint density at radius 3 is 2.61 bits per heavy atom. The normalized spacial score (nSPS) is 10.9. The number of carbonyl (C=O) groups excluding carboxylic acids is 1. The molecular weight excluding hydrogens is 445 g/mol. The molecule has 6 nitrogen and oxygen atoms in total. The Morgan fingerprint density at radius 1 is 1.12 bits per heavy atom. The van der Waals surface area contributed by atoms with Gasteiger partial charge < -0.3 is 14.5 Å². The lowest BCUT2D eigenvalue weighted by Crippen LogP contribution is -2.12. The first-order valence-electron chi connectivity index (χ1n) is 10.4. The maximum Gasteiger partial charge on any atom is 0.292 e. The van der Waals surface area contributed by atoms with Crippen molar-refractivity contribution < 1.29 is 18.3 Å². The number of carbonyl (C=O) groups is 1. The minimum atomic E-state index is -0.443. The molecule has 2 aromatic carbocycles. The summed E-state index contributed by atoms with van der Waals surface area (Å²) in [5, 5.41) is 7.37. The molecule has 4 rings (SSSR count). The van der Waals surface area contributed by atoms with Gasteiger partial charge in [0.05, 0.1) is 6.54 Å². The molecule has 0 unspecified atom stereocenters. The number of furan rings is 1. The Kier molecular flexibility index (Phi) is 6.51. The topological polar surface area (TPSA) is 69.3 Å². The van der Waals surface area contributed by atoms with Crippen LogP contribution in [0.4, 0.5) is 10.2 Å². The number of benzene rings is 2. The van der Waals surface area contributed by atoms with Gasteiger partial charge in [0.25, 0.3) is 5.91 Å². The Balaban J connectivity index is 1.40. The lowest BCUT2D eigenvalue weighted by Gasteiger charge is -2.07. The van der Waals surface area contributed by atoms with Crippen molar-refractivity contribution in [2.24, 2.45) is 0 Å². The number of hydrogen-bond acceptors (Lipinski definition) is 4. The molecule has 33 heavy (non-hydrogen) atoms. The molecular formula is C25H23ClFN3O3. The predicted octanol–water partition coefficient (Wildman–Crippen LogP) is 6.07. The second kappa shape index (κ2) is 9.50. The smallest absolute Gasteiger partial charge is 0.292 e.